The normalized spacial score (nSPS) is 16.4. The molecule has 180 valence electrons. The van der Waals surface area contributed by atoms with Gasteiger partial charge in [-0.3, -0.25) is 9.69 Å². The molecule has 1 unspecified atom stereocenters. The van der Waals surface area contributed by atoms with Gasteiger partial charge in [0.2, 0.25) is 0 Å². The molecule has 7 nitrogen and oxygen atoms in total. The van der Waals surface area contributed by atoms with Crippen molar-refractivity contribution in [3.05, 3.63) is 69.0 Å². The molecule has 2 heterocycles. The van der Waals surface area contributed by atoms with Crippen molar-refractivity contribution < 1.29 is 14.3 Å². The molecule has 1 saturated heterocycles. The Morgan fingerprint density at radius 1 is 1.15 bits per heavy atom. The zero-order chi connectivity index (χ0) is 24.1. The van der Waals surface area contributed by atoms with Gasteiger partial charge in [0.15, 0.2) is 11.5 Å². The van der Waals surface area contributed by atoms with E-state index >= 15 is 0 Å². The largest absolute Gasteiger partial charge is 0.493 e. The van der Waals surface area contributed by atoms with Crippen LogP contribution in [0.2, 0.25) is 5.02 Å². The summed E-state index contributed by atoms with van der Waals surface area (Å²) in [6.07, 6.45) is 0. The first-order valence-corrected chi connectivity index (χ1v) is 12.4. The summed E-state index contributed by atoms with van der Waals surface area (Å²) in [5.41, 5.74) is 3.63. The molecule has 1 amide bonds. The van der Waals surface area contributed by atoms with Crippen molar-refractivity contribution in [3.63, 3.8) is 0 Å². The van der Waals surface area contributed by atoms with E-state index in [0.717, 1.165) is 48.4 Å². The number of aromatic nitrogens is 1. The first-order chi connectivity index (χ1) is 16.5. The van der Waals surface area contributed by atoms with E-state index in [-0.39, 0.29) is 5.91 Å². The second-order valence-electron chi connectivity index (χ2n) is 8.24. The van der Waals surface area contributed by atoms with Crippen LogP contribution in [0.15, 0.2) is 48.0 Å². The second kappa shape index (κ2) is 11.1. The van der Waals surface area contributed by atoms with Gasteiger partial charge in [0.1, 0.15) is 5.82 Å². The molecule has 34 heavy (non-hydrogen) atoms. The Morgan fingerprint density at radius 2 is 1.91 bits per heavy atom. The third kappa shape index (κ3) is 5.63. The summed E-state index contributed by atoms with van der Waals surface area (Å²) in [7, 11) is 3.31. The van der Waals surface area contributed by atoms with E-state index in [1.165, 1.54) is 5.56 Å². The number of methoxy groups -OCH3 is 2. The number of ether oxygens (including phenoxy) is 2. The van der Waals surface area contributed by atoms with E-state index in [4.69, 9.17) is 21.1 Å². The fourth-order valence-electron chi connectivity index (χ4n) is 4.14. The number of anilines is 1. The van der Waals surface area contributed by atoms with Crippen LogP contribution in [0, 0.1) is 0 Å². The van der Waals surface area contributed by atoms with Gasteiger partial charge in [-0.05, 0) is 48.9 Å². The Labute approximate surface area is 209 Å². The fraction of sp³-hybridized carbons (Fsp3) is 0.360. The number of carbonyl (C=O) groups is 1. The quantitative estimate of drug-likeness (QED) is 0.492. The maximum absolute atomic E-state index is 12.5. The van der Waals surface area contributed by atoms with Crippen molar-refractivity contribution in [2.45, 2.75) is 26.1 Å². The van der Waals surface area contributed by atoms with Crippen LogP contribution in [0.5, 0.6) is 11.5 Å². The molecule has 2 aromatic carbocycles. The number of nitrogens with zero attached hydrogens (tertiary/aromatic N) is 3. The third-order valence-corrected chi connectivity index (χ3v) is 7.11. The van der Waals surface area contributed by atoms with Gasteiger partial charge in [-0.25, -0.2) is 4.98 Å². The van der Waals surface area contributed by atoms with Crippen LogP contribution in [0.1, 0.15) is 27.7 Å². The molecule has 0 aliphatic carbocycles. The van der Waals surface area contributed by atoms with Crippen LogP contribution >= 0.6 is 22.9 Å². The van der Waals surface area contributed by atoms with Gasteiger partial charge in [0, 0.05) is 42.8 Å². The number of thiazole rings is 1. The molecule has 1 N–H and O–H groups in total. The van der Waals surface area contributed by atoms with E-state index in [0.29, 0.717) is 23.2 Å². The Balaban J connectivity index is 1.35. The highest BCUT2D eigenvalue weighted by Gasteiger charge is 2.26. The first kappa shape index (κ1) is 24.3. The Kier molecular flexibility index (Phi) is 7.92. The molecular formula is C25H29ClN4O3S. The molecule has 0 radical (unpaired) electrons. The van der Waals surface area contributed by atoms with Crippen molar-refractivity contribution in [1.29, 1.82) is 0 Å². The van der Waals surface area contributed by atoms with Gasteiger partial charge in [0.25, 0.3) is 5.91 Å². The van der Waals surface area contributed by atoms with E-state index in [2.05, 4.69) is 33.1 Å². The average Bonchev–Trinajstić information content (AvgIpc) is 3.32. The van der Waals surface area contributed by atoms with Gasteiger partial charge in [0.05, 0.1) is 31.2 Å². The Hall–Kier alpha value is -2.81. The number of benzene rings is 2. The molecule has 1 aliphatic heterocycles. The van der Waals surface area contributed by atoms with Crippen LogP contribution in [0.3, 0.4) is 0 Å². The Morgan fingerprint density at radius 3 is 2.62 bits per heavy atom. The summed E-state index contributed by atoms with van der Waals surface area (Å²) in [5.74, 6) is 2.32. The van der Waals surface area contributed by atoms with Crippen LogP contribution in [0.25, 0.3) is 0 Å². The predicted molar refractivity (Wildman–Crippen MR) is 136 cm³/mol. The standard InChI is InChI=1S/C25H29ClN4O3S/c1-17-14-30(11-10-29(17)15-18-4-9-21(32-2)22(12-18)33-3)24-23(34-16-28-24)13-27-25(31)19-5-7-20(26)8-6-19/h4-9,12,16-17H,10-11,13-15H2,1-3H3,(H,27,31). The van der Waals surface area contributed by atoms with E-state index in [1.807, 2.05) is 17.6 Å². The molecule has 3 aromatic rings. The predicted octanol–water partition coefficient (Wildman–Crippen LogP) is 4.45. The van der Waals surface area contributed by atoms with Gasteiger partial charge in [-0.1, -0.05) is 17.7 Å². The molecule has 1 aromatic heterocycles. The van der Waals surface area contributed by atoms with Crippen molar-refractivity contribution >= 4 is 34.7 Å². The minimum absolute atomic E-state index is 0.121. The molecule has 4 rings (SSSR count). The van der Waals surface area contributed by atoms with Crippen molar-refractivity contribution in [3.8, 4) is 11.5 Å². The minimum atomic E-state index is -0.121. The van der Waals surface area contributed by atoms with Gasteiger partial charge < -0.3 is 19.7 Å². The minimum Gasteiger partial charge on any atom is -0.493 e. The lowest BCUT2D eigenvalue weighted by atomic mass is 10.1. The van der Waals surface area contributed by atoms with Gasteiger partial charge >= 0.3 is 0 Å². The smallest absolute Gasteiger partial charge is 0.251 e. The zero-order valence-corrected chi connectivity index (χ0v) is 21.2. The van der Waals surface area contributed by atoms with Crippen molar-refractivity contribution in [1.82, 2.24) is 15.2 Å². The van der Waals surface area contributed by atoms with Crippen LogP contribution in [0.4, 0.5) is 5.82 Å². The lowest BCUT2D eigenvalue weighted by Gasteiger charge is -2.40. The van der Waals surface area contributed by atoms with Crippen LogP contribution in [-0.4, -0.2) is 55.7 Å². The van der Waals surface area contributed by atoms with Crippen molar-refractivity contribution in [2.24, 2.45) is 0 Å². The van der Waals surface area contributed by atoms with Crippen LogP contribution in [-0.2, 0) is 13.1 Å². The summed E-state index contributed by atoms with van der Waals surface area (Å²) in [4.78, 5) is 22.9. The lowest BCUT2D eigenvalue weighted by molar-refractivity contribution is 0.0951. The molecule has 9 heteroatoms. The summed E-state index contributed by atoms with van der Waals surface area (Å²) in [6, 6.07) is 13.3. The molecule has 0 saturated carbocycles. The number of hydrogen-bond acceptors (Lipinski definition) is 7. The van der Waals surface area contributed by atoms with E-state index in [9.17, 15) is 4.79 Å². The van der Waals surface area contributed by atoms with Crippen molar-refractivity contribution in [2.75, 3.05) is 38.8 Å². The lowest BCUT2D eigenvalue weighted by Crippen LogP contribution is -2.51. The monoisotopic (exact) mass is 500 g/mol. The molecule has 1 atom stereocenters. The summed E-state index contributed by atoms with van der Waals surface area (Å²) >= 11 is 7.48. The maximum atomic E-state index is 12.5. The number of nitrogens with one attached hydrogen (secondary N) is 1. The van der Waals surface area contributed by atoms with Gasteiger partial charge in [-0.15, -0.1) is 11.3 Å². The summed E-state index contributed by atoms with van der Waals surface area (Å²) in [6.45, 7) is 6.19. The second-order valence-corrected chi connectivity index (χ2v) is 9.62. The summed E-state index contributed by atoms with van der Waals surface area (Å²) < 4.78 is 10.8. The number of piperazine rings is 1. The fourth-order valence-corrected chi connectivity index (χ4v) is 4.99. The third-order valence-electron chi connectivity index (χ3n) is 6.03. The highest BCUT2D eigenvalue weighted by atomic mass is 35.5. The average molecular weight is 501 g/mol. The number of amides is 1. The Bertz CT molecular complexity index is 1120. The number of rotatable bonds is 8. The zero-order valence-electron chi connectivity index (χ0n) is 19.6. The first-order valence-electron chi connectivity index (χ1n) is 11.1. The van der Waals surface area contributed by atoms with E-state index < -0.39 is 0 Å². The molecule has 1 aliphatic rings. The highest BCUT2D eigenvalue weighted by Crippen LogP contribution is 2.30. The highest BCUT2D eigenvalue weighted by molar-refractivity contribution is 7.10. The SMILES string of the molecule is COc1ccc(CN2CCN(c3ncsc3CNC(=O)c3ccc(Cl)cc3)CC2C)cc1OC. The molecule has 0 bridgehead atoms. The van der Waals surface area contributed by atoms with Gasteiger partial charge in [-0.2, -0.15) is 0 Å². The molecular weight excluding hydrogens is 472 g/mol. The molecule has 0 spiro atoms. The number of hydrogen-bond donors (Lipinski definition) is 1. The maximum Gasteiger partial charge on any atom is 0.251 e. The van der Waals surface area contributed by atoms with E-state index in [1.54, 1.807) is 49.8 Å². The topological polar surface area (TPSA) is 66.9 Å². The summed E-state index contributed by atoms with van der Waals surface area (Å²) in [5, 5.41) is 3.61. The number of carbonyl (C=O) groups excluding carboxylic acids is 1. The van der Waals surface area contributed by atoms with Crippen LogP contribution < -0.4 is 19.7 Å². The number of halogens is 1. The molecule has 1 fully saturated rings.